The molecule has 1 aliphatic rings. The Morgan fingerprint density at radius 1 is 1.05 bits per heavy atom. The van der Waals surface area contributed by atoms with Gasteiger partial charge in [0, 0.05) is 6.04 Å². The minimum atomic E-state index is -0.153. The standard InChI is InChI=1S/C18H28FN/c1-14(2)18(16-9-11-17(19)12-10-16)20-13-15-7-5-3-4-6-8-15/h9-12,14-15,18,20H,3-8,13H2,1-2H3. The van der Waals surface area contributed by atoms with Gasteiger partial charge in [-0.25, -0.2) is 4.39 Å². The largest absolute Gasteiger partial charge is 0.309 e. The lowest BCUT2D eigenvalue weighted by molar-refractivity contribution is 0.349. The molecule has 2 rings (SSSR count). The summed E-state index contributed by atoms with van der Waals surface area (Å²) < 4.78 is 13.1. The molecule has 0 aliphatic heterocycles. The van der Waals surface area contributed by atoms with E-state index in [0.717, 1.165) is 12.5 Å². The Morgan fingerprint density at radius 2 is 1.65 bits per heavy atom. The second-order valence-corrected chi connectivity index (χ2v) is 6.54. The normalized spacial score (nSPS) is 19.0. The molecule has 2 heteroatoms. The number of nitrogens with one attached hydrogen (secondary N) is 1. The summed E-state index contributed by atoms with van der Waals surface area (Å²) in [6.07, 6.45) is 8.30. The third kappa shape index (κ3) is 4.59. The second-order valence-electron chi connectivity index (χ2n) is 6.54. The molecule has 1 N–H and O–H groups in total. The molecule has 1 aromatic rings. The fourth-order valence-electron chi connectivity index (χ4n) is 3.27. The van der Waals surface area contributed by atoms with Crippen LogP contribution in [0.5, 0.6) is 0 Å². The molecule has 0 radical (unpaired) electrons. The molecule has 0 spiro atoms. The van der Waals surface area contributed by atoms with Crippen molar-refractivity contribution in [3.05, 3.63) is 35.6 Å². The van der Waals surface area contributed by atoms with Gasteiger partial charge in [-0.2, -0.15) is 0 Å². The average Bonchev–Trinajstić information content (AvgIpc) is 2.69. The van der Waals surface area contributed by atoms with Gasteiger partial charge in [-0.05, 0) is 48.9 Å². The highest BCUT2D eigenvalue weighted by Crippen LogP contribution is 2.25. The SMILES string of the molecule is CC(C)C(NCC1CCCCCC1)c1ccc(F)cc1. The highest BCUT2D eigenvalue weighted by Gasteiger charge is 2.18. The zero-order valence-electron chi connectivity index (χ0n) is 12.9. The van der Waals surface area contributed by atoms with Gasteiger partial charge in [-0.15, -0.1) is 0 Å². The van der Waals surface area contributed by atoms with Crippen LogP contribution in [0.1, 0.15) is 64.0 Å². The number of benzene rings is 1. The van der Waals surface area contributed by atoms with Gasteiger partial charge < -0.3 is 5.32 Å². The van der Waals surface area contributed by atoms with Crippen molar-refractivity contribution < 1.29 is 4.39 Å². The number of hydrogen-bond donors (Lipinski definition) is 1. The molecule has 20 heavy (non-hydrogen) atoms. The lowest BCUT2D eigenvalue weighted by atomic mass is 9.94. The van der Waals surface area contributed by atoms with Crippen molar-refractivity contribution in [2.45, 2.75) is 58.4 Å². The summed E-state index contributed by atoms with van der Waals surface area (Å²) in [7, 11) is 0. The van der Waals surface area contributed by atoms with Gasteiger partial charge in [0.05, 0.1) is 0 Å². The Hall–Kier alpha value is -0.890. The van der Waals surface area contributed by atoms with Crippen LogP contribution in [0.25, 0.3) is 0 Å². The number of rotatable bonds is 5. The van der Waals surface area contributed by atoms with E-state index in [9.17, 15) is 4.39 Å². The number of halogens is 1. The maximum atomic E-state index is 13.1. The molecule has 0 aromatic heterocycles. The smallest absolute Gasteiger partial charge is 0.123 e. The molecule has 112 valence electrons. The zero-order valence-corrected chi connectivity index (χ0v) is 12.9. The van der Waals surface area contributed by atoms with Crippen molar-refractivity contribution in [1.82, 2.24) is 5.32 Å². The van der Waals surface area contributed by atoms with Crippen LogP contribution in [0.15, 0.2) is 24.3 Å². The van der Waals surface area contributed by atoms with Crippen molar-refractivity contribution in [1.29, 1.82) is 0 Å². The van der Waals surface area contributed by atoms with Crippen molar-refractivity contribution >= 4 is 0 Å². The maximum Gasteiger partial charge on any atom is 0.123 e. The summed E-state index contributed by atoms with van der Waals surface area (Å²) in [5.74, 6) is 1.19. The fourth-order valence-corrected chi connectivity index (χ4v) is 3.27. The zero-order chi connectivity index (χ0) is 14.4. The summed E-state index contributed by atoms with van der Waals surface area (Å²) in [6.45, 7) is 5.56. The molecule has 0 amide bonds. The summed E-state index contributed by atoms with van der Waals surface area (Å²) in [5.41, 5.74) is 1.20. The van der Waals surface area contributed by atoms with E-state index in [-0.39, 0.29) is 5.82 Å². The minimum absolute atomic E-state index is 0.153. The van der Waals surface area contributed by atoms with Gasteiger partial charge >= 0.3 is 0 Å². The van der Waals surface area contributed by atoms with Crippen LogP contribution in [-0.4, -0.2) is 6.54 Å². The van der Waals surface area contributed by atoms with E-state index in [1.165, 1.54) is 44.1 Å². The lowest BCUT2D eigenvalue weighted by Gasteiger charge is -2.26. The van der Waals surface area contributed by atoms with Crippen molar-refractivity contribution in [2.24, 2.45) is 11.8 Å². The first-order chi connectivity index (χ1) is 9.66. The average molecular weight is 277 g/mol. The topological polar surface area (TPSA) is 12.0 Å². The van der Waals surface area contributed by atoms with Crippen LogP contribution in [0, 0.1) is 17.7 Å². The summed E-state index contributed by atoms with van der Waals surface area (Å²) >= 11 is 0. The molecule has 1 aromatic carbocycles. The molecule has 1 nitrogen and oxygen atoms in total. The van der Waals surface area contributed by atoms with E-state index in [0.29, 0.717) is 12.0 Å². The van der Waals surface area contributed by atoms with Gasteiger partial charge in [-0.1, -0.05) is 51.7 Å². The van der Waals surface area contributed by atoms with E-state index in [1.807, 2.05) is 12.1 Å². The van der Waals surface area contributed by atoms with Crippen molar-refractivity contribution in [3.8, 4) is 0 Å². The molecule has 0 bridgehead atoms. The number of hydrogen-bond acceptors (Lipinski definition) is 1. The first-order valence-corrected chi connectivity index (χ1v) is 8.15. The highest BCUT2D eigenvalue weighted by molar-refractivity contribution is 5.20. The van der Waals surface area contributed by atoms with E-state index in [1.54, 1.807) is 12.1 Å². The molecule has 0 saturated heterocycles. The van der Waals surface area contributed by atoms with Crippen LogP contribution >= 0.6 is 0 Å². The molecule has 0 heterocycles. The highest BCUT2D eigenvalue weighted by atomic mass is 19.1. The van der Waals surface area contributed by atoms with E-state index < -0.39 is 0 Å². The van der Waals surface area contributed by atoms with Gasteiger partial charge in [0.25, 0.3) is 0 Å². The first-order valence-electron chi connectivity index (χ1n) is 8.15. The Bertz CT molecular complexity index is 377. The van der Waals surface area contributed by atoms with Crippen LogP contribution in [0.3, 0.4) is 0 Å². The second kappa shape index (κ2) is 7.78. The Morgan fingerprint density at radius 3 is 2.20 bits per heavy atom. The Kier molecular flexibility index (Phi) is 6.03. The molecular formula is C18H28FN. The maximum absolute atomic E-state index is 13.1. The molecule has 1 fully saturated rings. The lowest BCUT2D eigenvalue weighted by Crippen LogP contribution is -2.30. The fraction of sp³-hybridized carbons (Fsp3) is 0.667. The molecule has 1 aliphatic carbocycles. The first kappa shape index (κ1) is 15.5. The van der Waals surface area contributed by atoms with Crippen LogP contribution < -0.4 is 5.32 Å². The quantitative estimate of drug-likeness (QED) is 0.740. The van der Waals surface area contributed by atoms with E-state index >= 15 is 0 Å². The van der Waals surface area contributed by atoms with Gasteiger partial charge in [0.2, 0.25) is 0 Å². The van der Waals surface area contributed by atoms with Crippen LogP contribution in [-0.2, 0) is 0 Å². The Labute approximate surface area is 123 Å². The monoisotopic (exact) mass is 277 g/mol. The summed E-state index contributed by atoms with van der Waals surface area (Å²) in [6, 6.07) is 7.30. The van der Waals surface area contributed by atoms with Gasteiger partial charge in [0.1, 0.15) is 5.82 Å². The molecular weight excluding hydrogens is 249 g/mol. The van der Waals surface area contributed by atoms with Crippen LogP contribution in [0.4, 0.5) is 4.39 Å². The predicted molar refractivity (Wildman–Crippen MR) is 83.2 cm³/mol. The minimum Gasteiger partial charge on any atom is -0.309 e. The predicted octanol–water partition coefficient (Wildman–Crippen LogP) is 5.08. The molecule has 1 saturated carbocycles. The summed E-state index contributed by atoms with van der Waals surface area (Å²) in [4.78, 5) is 0. The van der Waals surface area contributed by atoms with E-state index in [4.69, 9.17) is 0 Å². The van der Waals surface area contributed by atoms with Crippen LogP contribution in [0.2, 0.25) is 0 Å². The molecule has 1 unspecified atom stereocenters. The van der Waals surface area contributed by atoms with Gasteiger partial charge in [-0.3, -0.25) is 0 Å². The Balaban J connectivity index is 1.93. The van der Waals surface area contributed by atoms with Gasteiger partial charge in [0.15, 0.2) is 0 Å². The molecule has 1 atom stereocenters. The van der Waals surface area contributed by atoms with Crippen molar-refractivity contribution in [3.63, 3.8) is 0 Å². The third-order valence-corrected chi connectivity index (χ3v) is 4.50. The summed E-state index contributed by atoms with van der Waals surface area (Å²) in [5, 5.41) is 3.73. The van der Waals surface area contributed by atoms with Crippen molar-refractivity contribution in [2.75, 3.05) is 6.54 Å². The third-order valence-electron chi connectivity index (χ3n) is 4.50. The van der Waals surface area contributed by atoms with E-state index in [2.05, 4.69) is 19.2 Å².